The number of ether oxygens (including phenoxy) is 1. The third kappa shape index (κ3) is 6.32. The first-order valence-electron chi connectivity index (χ1n) is 12.8. The van der Waals surface area contributed by atoms with Gasteiger partial charge < -0.3 is 20.7 Å². The minimum atomic E-state index is -0.220. The standard InChI is InChI=1S/C28H36FN3O3/c1-35-22-10-5-9-20(17-22)27(33)30-16-14-24(19-7-3-2-4-8-19)28(34)31-15-13-21-18-32-26-23(21)11-6-12-25(26)29/h5-6,9-12,17,19,21,24,32H,2-4,7-8,13-16,18H2,1H3,(H,30,33)(H,31,34). The Hall–Kier alpha value is -3.09. The van der Waals surface area contributed by atoms with Gasteiger partial charge in [0.25, 0.3) is 5.91 Å². The number of nitrogens with one attached hydrogen (secondary N) is 3. The van der Waals surface area contributed by atoms with E-state index in [1.807, 2.05) is 6.07 Å². The van der Waals surface area contributed by atoms with Crippen molar-refractivity contribution in [1.82, 2.24) is 10.6 Å². The Kier molecular flexibility index (Phi) is 8.61. The molecule has 2 aromatic rings. The van der Waals surface area contributed by atoms with Gasteiger partial charge in [-0.2, -0.15) is 0 Å². The Balaban J connectivity index is 1.30. The van der Waals surface area contributed by atoms with Crippen molar-refractivity contribution in [2.45, 2.75) is 50.9 Å². The van der Waals surface area contributed by atoms with Crippen LogP contribution in [0.2, 0.25) is 0 Å². The molecule has 2 unspecified atom stereocenters. The molecule has 35 heavy (non-hydrogen) atoms. The highest BCUT2D eigenvalue weighted by molar-refractivity contribution is 5.94. The molecule has 0 radical (unpaired) electrons. The van der Waals surface area contributed by atoms with Gasteiger partial charge in [-0.15, -0.1) is 0 Å². The van der Waals surface area contributed by atoms with Crippen LogP contribution in [0.3, 0.4) is 0 Å². The van der Waals surface area contributed by atoms with Gasteiger partial charge in [0.05, 0.1) is 12.8 Å². The number of amides is 2. The third-order valence-electron chi connectivity index (χ3n) is 7.43. The van der Waals surface area contributed by atoms with Gasteiger partial charge in [0.2, 0.25) is 5.91 Å². The fourth-order valence-corrected chi connectivity index (χ4v) is 5.49. The number of hydrogen-bond donors (Lipinski definition) is 3. The lowest BCUT2D eigenvalue weighted by Gasteiger charge is -2.29. The number of benzene rings is 2. The minimum absolute atomic E-state index is 0.0675. The first-order chi connectivity index (χ1) is 17.1. The second-order valence-electron chi connectivity index (χ2n) is 9.64. The van der Waals surface area contributed by atoms with E-state index in [1.54, 1.807) is 37.4 Å². The molecule has 4 rings (SSSR count). The summed E-state index contributed by atoms with van der Waals surface area (Å²) in [6, 6.07) is 12.2. The van der Waals surface area contributed by atoms with Crippen LogP contribution in [0.4, 0.5) is 10.1 Å². The molecule has 2 aromatic carbocycles. The van der Waals surface area contributed by atoms with Gasteiger partial charge in [-0.3, -0.25) is 9.59 Å². The van der Waals surface area contributed by atoms with Gasteiger partial charge in [0, 0.05) is 37.0 Å². The van der Waals surface area contributed by atoms with E-state index in [0.717, 1.165) is 37.7 Å². The van der Waals surface area contributed by atoms with E-state index in [0.29, 0.717) is 49.0 Å². The van der Waals surface area contributed by atoms with E-state index in [2.05, 4.69) is 16.0 Å². The molecule has 2 amide bonds. The lowest BCUT2D eigenvalue weighted by molar-refractivity contribution is -0.127. The highest BCUT2D eigenvalue weighted by atomic mass is 19.1. The molecule has 3 N–H and O–H groups in total. The topological polar surface area (TPSA) is 79.5 Å². The SMILES string of the molecule is COc1cccc(C(=O)NCCC(C(=O)NCCC2CNc3c(F)cccc32)C2CCCCC2)c1. The van der Waals surface area contributed by atoms with Crippen molar-refractivity contribution < 1.29 is 18.7 Å². The van der Waals surface area contributed by atoms with Crippen LogP contribution in [0.5, 0.6) is 5.75 Å². The Morgan fingerprint density at radius 3 is 2.69 bits per heavy atom. The molecule has 7 heteroatoms. The van der Waals surface area contributed by atoms with Crippen LogP contribution in [-0.4, -0.2) is 38.6 Å². The lowest BCUT2D eigenvalue weighted by Crippen LogP contribution is -2.39. The van der Waals surface area contributed by atoms with Crippen LogP contribution in [0.15, 0.2) is 42.5 Å². The average molecular weight is 482 g/mol. The predicted octanol–water partition coefficient (Wildman–Crippen LogP) is 4.87. The van der Waals surface area contributed by atoms with E-state index in [1.165, 1.54) is 12.5 Å². The Morgan fingerprint density at radius 2 is 1.89 bits per heavy atom. The highest BCUT2D eigenvalue weighted by Crippen LogP contribution is 2.35. The van der Waals surface area contributed by atoms with Crippen molar-refractivity contribution in [3.05, 3.63) is 59.4 Å². The number of anilines is 1. The molecule has 1 aliphatic carbocycles. The maximum atomic E-state index is 14.0. The van der Waals surface area contributed by atoms with Crippen molar-refractivity contribution in [3.8, 4) is 5.75 Å². The second kappa shape index (κ2) is 12.0. The van der Waals surface area contributed by atoms with Crippen molar-refractivity contribution in [1.29, 1.82) is 0 Å². The summed E-state index contributed by atoms with van der Waals surface area (Å²) >= 11 is 0. The molecule has 1 heterocycles. The van der Waals surface area contributed by atoms with Crippen molar-refractivity contribution in [3.63, 3.8) is 0 Å². The van der Waals surface area contributed by atoms with Crippen LogP contribution in [0.25, 0.3) is 0 Å². The van der Waals surface area contributed by atoms with Crippen molar-refractivity contribution in [2.75, 3.05) is 32.1 Å². The predicted molar refractivity (Wildman–Crippen MR) is 135 cm³/mol. The van der Waals surface area contributed by atoms with Gasteiger partial charge in [-0.25, -0.2) is 4.39 Å². The molecular weight excluding hydrogens is 445 g/mol. The number of carbonyl (C=O) groups is 2. The summed E-state index contributed by atoms with van der Waals surface area (Å²) < 4.78 is 19.2. The number of fused-ring (bicyclic) bond motifs is 1. The number of carbonyl (C=O) groups excluding carboxylic acids is 2. The monoisotopic (exact) mass is 481 g/mol. The molecule has 2 atom stereocenters. The van der Waals surface area contributed by atoms with Crippen LogP contribution >= 0.6 is 0 Å². The first kappa shape index (κ1) is 25.0. The van der Waals surface area contributed by atoms with Crippen LogP contribution in [0, 0.1) is 17.7 Å². The van der Waals surface area contributed by atoms with Crippen molar-refractivity contribution in [2.24, 2.45) is 11.8 Å². The molecule has 0 spiro atoms. The number of methoxy groups -OCH3 is 1. The van der Waals surface area contributed by atoms with Crippen LogP contribution in [0.1, 0.15) is 66.8 Å². The molecule has 0 bridgehead atoms. The quantitative estimate of drug-likeness (QED) is 0.453. The minimum Gasteiger partial charge on any atom is -0.497 e. The third-order valence-corrected chi connectivity index (χ3v) is 7.43. The van der Waals surface area contributed by atoms with E-state index >= 15 is 0 Å². The maximum Gasteiger partial charge on any atom is 0.251 e. The highest BCUT2D eigenvalue weighted by Gasteiger charge is 2.30. The fourth-order valence-electron chi connectivity index (χ4n) is 5.49. The normalized spacial score (nSPS) is 18.3. The summed E-state index contributed by atoms with van der Waals surface area (Å²) in [6.07, 6.45) is 7.02. The summed E-state index contributed by atoms with van der Waals surface area (Å²) in [7, 11) is 1.57. The molecular formula is C28H36FN3O3. The number of para-hydroxylation sites is 1. The zero-order valence-corrected chi connectivity index (χ0v) is 20.4. The Labute approximate surface area is 207 Å². The Bertz CT molecular complexity index is 1020. The molecule has 2 aliphatic rings. The molecule has 6 nitrogen and oxygen atoms in total. The average Bonchev–Trinajstić information content (AvgIpc) is 3.31. The maximum absolute atomic E-state index is 14.0. The van der Waals surface area contributed by atoms with E-state index in [-0.39, 0.29) is 29.5 Å². The summed E-state index contributed by atoms with van der Waals surface area (Å²) in [5, 5.41) is 9.28. The number of hydrogen-bond acceptors (Lipinski definition) is 4. The van der Waals surface area contributed by atoms with Gasteiger partial charge in [-0.05, 0) is 61.4 Å². The largest absolute Gasteiger partial charge is 0.497 e. The summed E-state index contributed by atoms with van der Waals surface area (Å²) in [5.41, 5.74) is 2.13. The molecule has 0 aromatic heterocycles. The van der Waals surface area contributed by atoms with Gasteiger partial charge in [-0.1, -0.05) is 37.5 Å². The van der Waals surface area contributed by atoms with Gasteiger partial charge >= 0.3 is 0 Å². The van der Waals surface area contributed by atoms with E-state index in [4.69, 9.17) is 4.74 Å². The molecule has 1 saturated carbocycles. The molecule has 188 valence electrons. The van der Waals surface area contributed by atoms with Crippen LogP contribution in [-0.2, 0) is 4.79 Å². The molecule has 1 fully saturated rings. The second-order valence-corrected chi connectivity index (χ2v) is 9.64. The Morgan fingerprint density at radius 1 is 1.09 bits per heavy atom. The summed E-state index contributed by atoms with van der Waals surface area (Å²) in [5.74, 6) is 0.746. The summed E-state index contributed by atoms with van der Waals surface area (Å²) in [6.45, 7) is 1.69. The summed E-state index contributed by atoms with van der Waals surface area (Å²) in [4.78, 5) is 25.8. The molecule has 0 saturated heterocycles. The zero-order chi connectivity index (χ0) is 24.6. The number of halogens is 1. The lowest BCUT2D eigenvalue weighted by atomic mass is 9.78. The van der Waals surface area contributed by atoms with Gasteiger partial charge in [0.1, 0.15) is 11.6 Å². The van der Waals surface area contributed by atoms with Gasteiger partial charge in [0.15, 0.2) is 0 Å². The zero-order valence-electron chi connectivity index (χ0n) is 20.4. The van der Waals surface area contributed by atoms with Crippen LogP contribution < -0.4 is 20.7 Å². The fraction of sp³-hybridized carbons (Fsp3) is 0.500. The molecule has 1 aliphatic heterocycles. The van der Waals surface area contributed by atoms with E-state index < -0.39 is 0 Å². The number of rotatable bonds is 10. The smallest absolute Gasteiger partial charge is 0.251 e. The van der Waals surface area contributed by atoms with E-state index in [9.17, 15) is 14.0 Å². The van der Waals surface area contributed by atoms with Crippen molar-refractivity contribution >= 4 is 17.5 Å². The first-order valence-corrected chi connectivity index (χ1v) is 12.8.